The molecule has 1 aromatic rings. The molecule has 0 radical (unpaired) electrons. The Balaban J connectivity index is 1.95. The molecule has 5 heteroatoms. The first kappa shape index (κ1) is 14.1. The number of ether oxygens (including phenoxy) is 1. The van der Waals surface area contributed by atoms with Gasteiger partial charge >= 0.3 is 0 Å². The number of hydrogen-bond acceptors (Lipinski definition) is 3. The van der Waals surface area contributed by atoms with E-state index in [1.807, 2.05) is 12.3 Å². The third kappa shape index (κ3) is 3.37. The molecule has 1 aliphatic heterocycles. The standard InChI is InChI=1S/C13H18BrClN2O/c1-10-2-6-16-13(12(10)14)17-7-3-11(4-8-17)18-9-5-15/h2,6,11H,3-5,7-9H2,1H3. The van der Waals surface area contributed by atoms with Gasteiger partial charge in [-0.15, -0.1) is 11.6 Å². The molecule has 0 spiro atoms. The second-order valence-electron chi connectivity index (χ2n) is 4.51. The highest BCUT2D eigenvalue weighted by molar-refractivity contribution is 9.10. The molecule has 1 fully saturated rings. The number of aryl methyl sites for hydroxylation is 1. The van der Waals surface area contributed by atoms with Crippen LogP contribution in [0, 0.1) is 6.92 Å². The summed E-state index contributed by atoms with van der Waals surface area (Å²) in [4.78, 5) is 6.78. The van der Waals surface area contributed by atoms with Gasteiger partial charge in [0.2, 0.25) is 0 Å². The molecule has 1 aromatic heterocycles. The number of nitrogens with zero attached hydrogens (tertiary/aromatic N) is 2. The third-order valence-electron chi connectivity index (χ3n) is 3.24. The van der Waals surface area contributed by atoms with Gasteiger partial charge in [0.15, 0.2) is 0 Å². The van der Waals surface area contributed by atoms with Crippen molar-refractivity contribution >= 4 is 33.3 Å². The SMILES string of the molecule is Cc1ccnc(N2CCC(OCCCl)CC2)c1Br. The first-order chi connectivity index (χ1) is 8.72. The molecule has 0 bridgehead atoms. The van der Waals surface area contributed by atoms with Gasteiger partial charge in [-0.1, -0.05) is 0 Å². The lowest BCUT2D eigenvalue weighted by Crippen LogP contribution is -2.38. The predicted molar refractivity (Wildman–Crippen MR) is 78.6 cm³/mol. The molecule has 0 aromatic carbocycles. The largest absolute Gasteiger partial charge is 0.377 e. The molecule has 0 unspecified atom stereocenters. The summed E-state index contributed by atoms with van der Waals surface area (Å²) in [6, 6.07) is 2.02. The Labute approximate surface area is 122 Å². The highest BCUT2D eigenvalue weighted by Crippen LogP contribution is 2.29. The van der Waals surface area contributed by atoms with E-state index in [4.69, 9.17) is 16.3 Å². The minimum Gasteiger partial charge on any atom is -0.377 e. The van der Waals surface area contributed by atoms with E-state index < -0.39 is 0 Å². The molecule has 2 rings (SSSR count). The van der Waals surface area contributed by atoms with Crippen molar-refractivity contribution in [1.29, 1.82) is 0 Å². The summed E-state index contributed by atoms with van der Waals surface area (Å²) >= 11 is 9.25. The van der Waals surface area contributed by atoms with Crippen molar-refractivity contribution in [2.24, 2.45) is 0 Å². The Hall–Kier alpha value is -0.320. The van der Waals surface area contributed by atoms with Gasteiger partial charge in [-0.05, 0) is 47.3 Å². The molecule has 1 aliphatic rings. The van der Waals surface area contributed by atoms with Gasteiger partial charge in [0.1, 0.15) is 5.82 Å². The molecule has 0 aliphatic carbocycles. The van der Waals surface area contributed by atoms with Crippen molar-refractivity contribution in [2.45, 2.75) is 25.9 Å². The van der Waals surface area contributed by atoms with Crippen LogP contribution >= 0.6 is 27.5 Å². The average molecular weight is 334 g/mol. The maximum Gasteiger partial charge on any atom is 0.143 e. The second kappa shape index (κ2) is 6.73. The lowest BCUT2D eigenvalue weighted by molar-refractivity contribution is 0.0471. The van der Waals surface area contributed by atoms with E-state index >= 15 is 0 Å². The normalized spacial score (nSPS) is 17.2. The Morgan fingerprint density at radius 3 is 2.89 bits per heavy atom. The number of piperidine rings is 1. The van der Waals surface area contributed by atoms with Crippen LogP contribution in [0.4, 0.5) is 5.82 Å². The fourth-order valence-corrected chi connectivity index (χ4v) is 2.77. The zero-order valence-corrected chi connectivity index (χ0v) is 12.9. The smallest absolute Gasteiger partial charge is 0.143 e. The molecule has 1 saturated heterocycles. The second-order valence-corrected chi connectivity index (χ2v) is 5.68. The van der Waals surface area contributed by atoms with E-state index in [9.17, 15) is 0 Å². The first-order valence-electron chi connectivity index (χ1n) is 6.26. The Morgan fingerprint density at radius 2 is 2.22 bits per heavy atom. The molecular weight excluding hydrogens is 316 g/mol. The van der Waals surface area contributed by atoms with Crippen molar-refractivity contribution in [2.75, 3.05) is 30.5 Å². The van der Waals surface area contributed by atoms with Crippen LogP contribution in [-0.4, -0.2) is 36.7 Å². The Morgan fingerprint density at radius 1 is 1.50 bits per heavy atom. The molecule has 2 heterocycles. The maximum atomic E-state index is 5.68. The fraction of sp³-hybridized carbons (Fsp3) is 0.615. The number of halogens is 2. The monoisotopic (exact) mass is 332 g/mol. The summed E-state index contributed by atoms with van der Waals surface area (Å²) in [5.74, 6) is 1.62. The summed E-state index contributed by atoms with van der Waals surface area (Å²) in [5.41, 5.74) is 1.22. The molecule has 100 valence electrons. The topological polar surface area (TPSA) is 25.4 Å². The van der Waals surface area contributed by atoms with Crippen LogP contribution in [0.5, 0.6) is 0 Å². The fourth-order valence-electron chi connectivity index (χ4n) is 2.19. The molecular formula is C13H18BrClN2O. The van der Waals surface area contributed by atoms with Gasteiger partial charge in [0.05, 0.1) is 17.2 Å². The van der Waals surface area contributed by atoms with Crippen molar-refractivity contribution in [1.82, 2.24) is 4.98 Å². The number of rotatable bonds is 4. The van der Waals surface area contributed by atoms with Crippen LogP contribution in [-0.2, 0) is 4.74 Å². The Kier molecular flexibility index (Phi) is 5.27. The minimum atomic E-state index is 0.351. The number of anilines is 1. The van der Waals surface area contributed by atoms with Gasteiger partial charge in [-0.25, -0.2) is 4.98 Å². The van der Waals surface area contributed by atoms with Gasteiger partial charge in [0, 0.05) is 25.2 Å². The Bertz CT molecular complexity index is 395. The zero-order chi connectivity index (χ0) is 13.0. The zero-order valence-electron chi connectivity index (χ0n) is 10.5. The van der Waals surface area contributed by atoms with E-state index in [0.717, 1.165) is 36.2 Å². The minimum absolute atomic E-state index is 0.351. The summed E-state index contributed by atoms with van der Waals surface area (Å²) in [5, 5.41) is 0. The molecule has 0 amide bonds. The van der Waals surface area contributed by atoms with E-state index in [-0.39, 0.29) is 0 Å². The lowest BCUT2D eigenvalue weighted by Gasteiger charge is -2.33. The van der Waals surface area contributed by atoms with Crippen molar-refractivity contribution in [3.63, 3.8) is 0 Å². The van der Waals surface area contributed by atoms with E-state index in [2.05, 4.69) is 32.7 Å². The number of alkyl halides is 1. The predicted octanol–water partition coefficient (Wildman–Crippen LogP) is 3.38. The maximum absolute atomic E-state index is 5.68. The van der Waals surface area contributed by atoms with Crippen LogP contribution in [0.15, 0.2) is 16.7 Å². The lowest BCUT2D eigenvalue weighted by atomic mass is 10.1. The molecule has 0 saturated carbocycles. The van der Waals surface area contributed by atoms with Crippen molar-refractivity contribution in [3.05, 3.63) is 22.3 Å². The van der Waals surface area contributed by atoms with Crippen LogP contribution in [0.25, 0.3) is 0 Å². The number of pyridine rings is 1. The molecule has 0 atom stereocenters. The highest BCUT2D eigenvalue weighted by atomic mass is 79.9. The van der Waals surface area contributed by atoms with Crippen LogP contribution < -0.4 is 4.90 Å². The highest BCUT2D eigenvalue weighted by Gasteiger charge is 2.22. The van der Waals surface area contributed by atoms with Gasteiger partial charge < -0.3 is 9.64 Å². The van der Waals surface area contributed by atoms with Gasteiger partial charge in [0.25, 0.3) is 0 Å². The average Bonchev–Trinajstić information content (AvgIpc) is 2.40. The molecule has 3 nitrogen and oxygen atoms in total. The van der Waals surface area contributed by atoms with E-state index in [1.165, 1.54) is 5.56 Å². The quantitative estimate of drug-likeness (QED) is 0.790. The summed E-state index contributed by atoms with van der Waals surface area (Å²) < 4.78 is 6.78. The third-order valence-corrected chi connectivity index (χ3v) is 4.37. The number of hydrogen-bond donors (Lipinski definition) is 0. The van der Waals surface area contributed by atoms with Crippen LogP contribution in [0.3, 0.4) is 0 Å². The van der Waals surface area contributed by atoms with E-state index in [0.29, 0.717) is 18.6 Å². The summed E-state index contributed by atoms with van der Waals surface area (Å²) in [6.45, 7) is 4.72. The molecule has 0 N–H and O–H groups in total. The number of aromatic nitrogens is 1. The van der Waals surface area contributed by atoms with Crippen LogP contribution in [0.2, 0.25) is 0 Å². The van der Waals surface area contributed by atoms with Gasteiger partial charge in [-0.2, -0.15) is 0 Å². The van der Waals surface area contributed by atoms with Crippen molar-refractivity contribution < 1.29 is 4.74 Å². The van der Waals surface area contributed by atoms with E-state index in [1.54, 1.807) is 0 Å². The first-order valence-corrected chi connectivity index (χ1v) is 7.58. The van der Waals surface area contributed by atoms with Crippen LogP contribution in [0.1, 0.15) is 18.4 Å². The van der Waals surface area contributed by atoms with Crippen molar-refractivity contribution in [3.8, 4) is 0 Å². The summed E-state index contributed by atoms with van der Waals surface area (Å²) in [7, 11) is 0. The summed E-state index contributed by atoms with van der Waals surface area (Å²) in [6.07, 6.45) is 4.30. The van der Waals surface area contributed by atoms with Gasteiger partial charge in [-0.3, -0.25) is 0 Å². The molecule has 18 heavy (non-hydrogen) atoms.